The van der Waals surface area contributed by atoms with Crippen LogP contribution in [0.3, 0.4) is 0 Å². The molecule has 246 valence electrons. The zero-order chi connectivity index (χ0) is 33.3. The molecule has 4 bridgehead atoms. The highest BCUT2D eigenvalue weighted by Gasteiger charge is 2.41. The van der Waals surface area contributed by atoms with Crippen LogP contribution in [0.15, 0.2) is 78.0 Å². The summed E-state index contributed by atoms with van der Waals surface area (Å²) in [6, 6.07) is 17.7. The molecule has 3 aromatic heterocycles. The number of hydrogen-bond donors (Lipinski definition) is 2. The van der Waals surface area contributed by atoms with Crippen LogP contribution in [0, 0.1) is 17.7 Å². The molecule has 12 heteroatoms. The predicted molar refractivity (Wildman–Crippen MR) is 178 cm³/mol. The fraction of sp³-hybridized carbons (Fsp3) is 0.371. The first-order valence-corrected chi connectivity index (χ1v) is 17.3. The minimum atomic E-state index is -4.36. The highest BCUT2D eigenvalue weighted by molar-refractivity contribution is 7.90. The zero-order valence-electron chi connectivity index (χ0n) is 26.9. The van der Waals surface area contributed by atoms with E-state index in [1.165, 1.54) is 18.2 Å². The van der Waals surface area contributed by atoms with Gasteiger partial charge in [0.1, 0.15) is 23.2 Å². The van der Waals surface area contributed by atoms with E-state index in [4.69, 9.17) is 9.72 Å². The van der Waals surface area contributed by atoms with Crippen LogP contribution in [0.2, 0.25) is 0 Å². The third-order valence-corrected chi connectivity index (χ3v) is 9.77. The number of carbonyl (C=O) groups is 1. The van der Waals surface area contributed by atoms with Crippen LogP contribution in [-0.2, 0) is 10.0 Å². The second-order valence-electron chi connectivity index (χ2n) is 13.3. The third kappa shape index (κ3) is 7.22. The summed E-state index contributed by atoms with van der Waals surface area (Å²) in [7, 11) is -4.36. The standard InChI is InChI=1S/C35H39FN6O4S/c1-22(2)21-46-26-17-24(16-25(36)18-26)28-14-12-27-33(39-28)42-20-23(19-35(42,3)4)11-13-30(29-8-5-6-15-37-29)38-31-9-7-10-32(40-31)47(44,45)41-34(27)43/h5-10,12,14-18,22-23,30H,11,13,19-21H2,1-4H3,(H,38,40)(H,41,43)/t23-,30?/m0/s1. The van der Waals surface area contributed by atoms with Crippen LogP contribution in [-0.4, -0.2) is 48.0 Å². The normalized spacial score (nSPS) is 20.4. The van der Waals surface area contributed by atoms with Crippen molar-refractivity contribution in [3.63, 3.8) is 0 Å². The Kier molecular flexibility index (Phi) is 8.88. The van der Waals surface area contributed by atoms with Gasteiger partial charge in [-0.05, 0) is 93.5 Å². The number of halogens is 1. The fourth-order valence-corrected chi connectivity index (χ4v) is 7.27. The molecule has 4 aromatic rings. The number of nitrogens with zero attached hydrogens (tertiary/aromatic N) is 4. The molecular weight excluding hydrogens is 619 g/mol. The number of sulfonamides is 1. The highest BCUT2D eigenvalue weighted by Crippen LogP contribution is 2.41. The predicted octanol–water partition coefficient (Wildman–Crippen LogP) is 6.38. The highest BCUT2D eigenvalue weighted by atomic mass is 32.2. The van der Waals surface area contributed by atoms with Crippen molar-refractivity contribution in [3.8, 4) is 17.0 Å². The van der Waals surface area contributed by atoms with Crippen molar-refractivity contribution in [3.05, 3.63) is 90.0 Å². The molecule has 2 atom stereocenters. The van der Waals surface area contributed by atoms with Gasteiger partial charge in [0.05, 0.1) is 29.6 Å². The number of hydrogen-bond acceptors (Lipinski definition) is 9. The maximum absolute atomic E-state index is 14.8. The summed E-state index contributed by atoms with van der Waals surface area (Å²) in [5, 5.41) is 3.08. The molecule has 1 amide bonds. The first kappa shape index (κ1) is 32.4. The summed E-state index contributed by atoms with van der Waals surface area (Å²) in [5.41, 5.74) is 1.40. The van der Waals surface area contributed by atoms with Crippen molar-refractivity contribution in [1.29, 1.82) is 0 Å². The number of aromatic nitrogens is 3. The molecule has 0 radical (unpaired) electrons. The lowest BCUT2D eigenvalue weighted by Gasteiger charge is -2.34. The summed E-state index contributed by atoms with van der Waals surface area (Å²) in [6.07, 6.45) is 4.08. The summed E-state index contributed by atoms with van der Waals surface area (Å²) in [6.45, 7) is 9.21. The number of carbonyl (C=O) groups excluding carboxylic acids is 1. The van der Waals surface area contributed by atoms with E-state index in [0.717, 1.165) is 18.5 Å². The Hall–Kier alpha value is -4.58. The molecular formula is C35H39FN6O4S. The van der Waals surface area contributed by atoms with E-state index in [2.05, 4.69) is 38.8 Å². The van der Waals surface area contributed by atoms with E-state index < -0.39 is 27.3 Å². The average Bonchev–Trinajstić information content (AvgIpc) is 3.35. The number of benzene rings is 1. The van der Waals surface area contributed by atoms with E-state index in [9.17, 15) is 17.6 Å². The lowest BCUT2D eigenvalue weighted by atomic mass is 9.91. The number of pyridine rings is 3. The van der Waals surface area contributed by atoms with Crippen molar-refractivity contribution in [2.24, 2.45) is 11.8 Å². The molecule has 1 unspecified atom stereocenters. The Balaban J connectivity index is 1.44. The summed E-state index contributed by atoms with van der Waals surface area (Å²) >= 11 is 0. The van der Waals surface area contributed by atoms with Crippen molar-refractivity contribution in [1.82, 2.24) is 19.7 Å². The van der Waals surface area contributed by atoms with Gasteiger partial charge in [-0.2, -0.15) is 8.42 Å². The van der Waals surface area contributed by atoms with Crippen LogP contribution < -0.4 is 19.7 Å². The topological polar surface area (TPSA) is 126 Å². The maximum Gasteiger partial charge on any atom is 0.281 e. The van der Waals surface area contributed by atoms with Gasteiger partial charge in [-0.3, -0.25) is 9.78 Å². The summed E-state index contributed by atoms with van der Waals surface area (Å²) < 4.78 is 49.8. The van der Waals surface area contributed by atoms with Crippen LogP contribution in [0.1, 0.15) is 69.1 Å². The van der Waals surface area contributed by atoms with Gasteiger partial charge in [0.2, 0.25) is 0 Å². The van der Waals surface area contributed by atoms with Crippen molar-refractivity contribution in [2.75, 3.05) is 23.4 Å². The van der Waals surface area contributed by atoms with Crippen LogP contribution >= 0.6 is 0 Å². The number of anilines is 2. The number of nitrogens with one attached hydrogen (secondary N) is 2. The summed E-state index contributed by atoms with van der Waals surface area (Å²) in [5.74, 6) is 0.240. The molecule has 1 fully saturated rings. The monoisotopic (exact) mass is 658 g/mol. The van der Waals surface area contributed by atoms with Gasteiger partial charge in [-0.1, -0.05) is 26.0 Å². The first-order valence-electron chi connectivity index (χ1n) is 15.8. The van der Waals surface area contributed by atoms with Gasteiger partial charge in [-0.15, -0.1) is 0 Å². The SMILES string of the molecule is CC(C)COc1cc(F)cc(-c2ccc3c(n2)N2C[C@@H](CCC(c4ccccn4)Nc4cccc(n4)S(=O)(=O)NC3=O)CC2(C)C)c1. The van der Waals surface area contributed by atoms with Crippen LogP contribution in [0.4, 0.5) is 16.0 Å². The quantitative estimate of drug-likeness (QED) is 0.251. The Morgan fingerprint density at radius 3 is 2.64 bits per heavy atom. The molecule has 10 nitrogen and oxygen atoms in total. The third-order valence-electron chi connectivity index (χ3n) is 8.54. The second-order valence-corrected chi connectivity index (χ2v) is 14.9. The molecule has 1 saturated heterocycles. The Bertz CT molecular complexity index is 1890. The number of rotatable bonds is 5. The molecule has 5 heterocycles. The maximum atomic E-state index is 14.8. The Labute approximate surface area is 274 Å². The van der Waals surface area contributed by atoms with E-state index in [1.807, 2.05) is 32.0 Å². The Morgan fingerprint density at radius 2 is 1.87 bits per heavy atom. The first-order chi connectivity index (χ1) is 22.4. The van der Waals surface area contributed by atoms with Crippen LogP contribution in [0.25, 0.3) is 11.3 Å². The minimum Gasteiger partial charge on any atom is -0.493 e. The van der Waals surface area contributed by atoms with Gasteiger partial charge >= 0.3 is 0 Å². The average molecular weight is 659 g/mol. The van der Waals surface area contributed by atoms with Gasteiger partial charge in [0.15, 0.2) is 5.03 Å². The second kappa shape index (κ2) is 12.9. The van der Waals surface area contributed by atoms with Gasteiger partial charge in [0.25, 0.3) is 15.9 Å². The van der Waals surface area contributed by atoms with E-state index >= 15 is 0 Å². The number of ether oxygens (including phenoxy) is 1. The largest absolute Gasteiger partial charge is 0.493 e. The van der Waals surface area contributed by atoms with E-state index in [1.54, 1.807) is 36.5 Å². The molecule has 2 N–H and O–H groups in total. The van der Waals surface area contributed by atoms with Crippen LogP contribution in [0.5, 0.6) is 5.75 Å². The van der Waals surface area contributed by atoms with E-state index in [-0.39, 0.29) is 28.5 Å². The molecule has 2 aliphatic rings. The number of amides is 1. The molecule has 47 heavy (non-hydrogen) atoms. The van der Waals surface area contributed by atoms with Crippen molar-refractivity contribution < 1.29 is 22.3 Å². The molecule has 6 rings (SSSR count). The molecule has 1 aromatic carbocycles. The minimum absolute atomic E-state index is 0.0919. The molecule has 0 spiro atoms. The lowest BCUT2D eigenvalue weighted by molar-refractivity contribution is 0.0981. The lowest BCUT2D eigenvalue weighted by Crippen LogP contribution is -2.41. The molecule has 0 saturated carbocycles. The van der Waals surface area contributed by atoms with E-state index in [0.29, 0.717) is 48.2 Å². The van der Waals surface area contributed by atoms with Gasteiger partial charge < -0.3 is 15.0 Å². The zero-order valence-corrected chi connectivity index (χ0v) is 27.7. The van der Waals surface area contributed by atoms with Crippen molar-refractivity contribution in [2.45, 2.75) is 63.6 Å². The molecule has 2 aliphatic heterocycles. The Morgan fingerprint density at radius 1 is 1.04 bits per heavy atom. The van der Waals surface area contributed by atoms with Gasteiger partial charge in [0, 0.05) is 29.9 Å². The van der Waals surface area contributed by atoms with Crippen molar-refractivity contribution >= 4 is 27.6 Å². The molecule has 0 aliphatic carbocycles. The summed E-state index contributed by atoms with van der Waals surface area (Å²) in [4.78, 5) is 29.7. The number of fused-ring (bicyclic) bond motifs is 6. The fourth-order valence-electron chi connectivity index (χ4n) is 6.33. The smallest absolute Gasteiger partial charge is 0.281 e. The van der Waals surface area contributed by atoms with Gasteiger partial charge in [-0.25, -0.2) is 19.1 Å².